The van der Waals surface area contributed by atoms with Crippen LogP contribution in [0.15, 0.2) is 36.5 Å². The lowest BCUT2D eigenvalue weighted by atomic mass is 10.1. The molecule has 3 nitrogen and oxygen atoms in total. The molecule has 19 heavy (non-hydrogen) atoms. The maximum atomic E-state index is 5.97. The normalized spacial score (nSPS) is 12.2. The van der Waals surface area contributed by atoms with E-state index in [9.17, 15) is 0 Å². The van der Waals surface area contributed by atoms with Crippen LogP contribution in [-0.2, 0) is 6.61 Å². The van der Waals surface area contributed by atoms with Crippen LogP contribution in [-0.4, -0.2) is 4.98 Å². The number of aromatic nitrogens is 1. The van der Waals surface area contributed by atoms with E-state index in [0.29, 0.717) is 6.61 Å². The van der Waals surface area contributed by atoms with Crippen molar-refractivity contribution in [2.24, 2.45) is 5.73 Å². The fourth-order valence-electron chi connectivity index (χ4n) is 1.96. The molecular formula is C16H20N2O. The van der Waals surface area contributed by atoms with Crippen molar-refractivity contribution in [3.8, 4) is 5.75 Å². The van der Waals surface area contributed by atoms with Gasteiger partial charge in [-0.2, -0.15) is 0 Å². The first kappa shape index (κ1) is 13.6. The van der Waals surface area contributed by atoms with Gasteiger partial charge in [-0.05, 0) is 44.0 Å². The van der Waals surface area contributed by atoms with Gasteiger partial charge in [-0.15, -0.1) is 0 Å². The average Bonchev–Trinajstić information content (AvgIpc) is 2.37. The Labute approximate surface area is 114 Å². The van der Waals surface area contributed by atoms with Gasteiger partial charge < -0.3 is 10.5 Å². The average molecular weight is 256 g/mol. The van der Waals surface area contributed by atoms with Gasteiger partial charge in [0.2, 0.25) is 0 Å². The van der Waals surface area contributed by atoms with Crippen molar-refractivity contribution in [1.82, 2.24) is 4.98 Å². The number of hydrogen-bond donors (Lipinski definition) is 1. The van der Waals surface area contributed by atoms with Crippen LogP contribution in [0, 0.1) is 13.8 Å². The van der Waals surface area contributed by atoms with Crippen molar-refractivity contribution in [1.29, 1.82) is 0 Å². The number of nitrogens with two attached hydrogens (primary N) is 1. The summed E-state index contributed by atoms with van der Waals surface area (Å²) in [4.78, 5) is 4.33. The van der Waals surface area contributed by atoms with E-state index in [0.717, 1.165) is 28.1 Å². The highest BCUT2D eigenvalue weighted by atomic mass is 16.5. The minimum Gasteiger partial charge on any atom is -0.487 e. The van der Waals surface area contributed by atoms with E-state index in [1.807, 2.05) is 45.0 Å². The van der Waals surface area contributed by atoms with Crippen molar-refractivity contribution >= 4 is 0 Å². The summed E-state index contributed by atoms with van der Waals surface area (Å²) in [6, 6.07) is 10.0. The Morgan fingerprint density at radius 1 is 1.26 bits per heavy atom. The third-order valence-electron chi connectivity index (χ3n) is 3.14. The maximum absolute atomic E-state index is 5.97. The van der Waals surface area contributed by atoms with Gasteiger partial charge in [0, 0.05) is 17.8 Å². The van der Waals surface area contributed by atoms with Gasteiger partial charge >= 0.3 is 0 Å². The largest absolute Gasteiger partial charge is 0.487 e. The third kappa shape index (κ3) is 3.32. The van der Waals surface area contributed by atoms with Crippen LogP contribution in [0.1, 0.15) is 35.3 Å². The third-order valence-corrected chi connectivity index (χ3v) is 3.14. The Morgan fingerprint density at radius 3 is 2.74 bits per heavy atom. The van der Waals surface area contributed by atoms with Crippen molar-refractivity contribution in [3.05, 3.63) is 58.9 Å². The number of rotatable bonds is 4. The summed E-state index contributed by atoms with van der Waals surface area (Å²) < 4.78 is 5.90. The Morgan fingerprint density at radius 2 is 2.05 bits per heavy atom. The van der Waals surface area contributed by atoms with Crippen LogP contribution >= 0.6 is 0 Å². The molecule has 3 heteroatoms. The lowest BCUT2D eigenvalue weighted by Crippen LogP contribution is -2.09. The molecule has 1 atom stereocenters. The first-order valence-corrected chi connectivity index (χ1v) is 6.47. The number of aryl methyl sites for hydroxylation is 2. The van der Waals surface area contributed by atoms with Crippen molar-refractivity contribution in [2.75, 3.05) is 0 Å². The molecular weight excluding hydrogens is 236 g/mol. The highest BCUT2D eigenvalue weighted by molar-refractivity contribution is 5.39. The molecule has 1 aromatic carbocycles. The molecule has 2 N–H and O–H groups in total. The first-order chi connectivity index (χ1) is 9.08. The number of benzene rings is 1. The Kier molecular flexibility index (Phi) is 4.17. The zero-order valence-electron chi connectivity index (χ0n) is 11.7. The fourth-order valence-corrected chi connectivity index (χ4v) is 1.96. The standard InChI is InChI=1S/C16H20N2O/c1-11-6-7-14(13(3)17)16(9-11)19-10-15-12(2)5-4-8-18-15/h4-9,13H,10,17H2,1-3H3/t13-/m0/s1. The van der Waals surface area contributed by atoms with E-state index in [1.54, 1.807) is 6.20 Å². The molecule has 1 heterocycles. The molecule has 0 aliphatic rings. The highest BCUT2D eigenvalue weighted by Crippen LogP contribution is 2.26. The van der Waals surface area contributed by atoms with Gasteiger partial charge in [-0.1, -0.05) is 18.2 Å². The van der Waals surface area contributed by atoms with Gasteiger partial charge in [0.15, 0.2) is 0 Å². The topological polar surface area (TPSA) is 48.1 Å². The van der Waals surface area contributed by atoms with Gasteiger partial charge in [-0.25, -0.2) is 0 Å². The van der Waals surface area contributed by atoms with E-state index >= 15 is 0 Å². The number of pyridine rings is 1. The zero-order valence-corrected chi connectivity index (χ0v) is 11.7. The Bertz CT molecular complexity index is 564. The number of nitrogens with zero attached hydrogens (tertiary/aromatic N) is 1. The monoisotopic (exact) mass is 256 g/mol. The smallest absolute Gasteiger partial charge is 0.130 e. The van der Waals surface area contributed by atoms with E-state index in [2.05, 4.69) is 11.1 Å². The van der Waals surface area contributed by atoms with Crippen LogP contribution < -0.4 is 10.5 Å². The molecule has 0 fully saturated rings. The Hall–Kier alpha value is -1.87. The molecule has 1 aromatic heterocycles. The van der Waals surface area contributed by atoms with E-state index in [-0.39, 0.29) is 6.04 Å². The second kappa shape index (κ2) is 5.85. The summed E-state index contributed by atoms with van der Waals surface area (Å²) in [6.07, 6.45) is 1.79. The highest BCUT2D eigenvalue weighted by Gasteiger charge is 2.09. The van der Waals surface area contributed by atoms with Crippen molar-refractivity contribution in [2.45, 2.75) is 33.4 Å². The van der Waals surface area contributed by atoms with E-state index < -0.39 is 0 Å². The van der Waals surface area contributed by atoms with Gasteiger partial charge in [0.1, 0.15) is 12.4 Å². The predicted octanol–water partition coefficient (Wildman–Crippen LogP) is 3.30. The van der Waals surface area contributed by atoms with Crippen LogP contribution in [0.5, 0.6) is 5.75 Å². The van der Waals surface area contributed by atoms with Gasteiger partial charge in [0.25, 0.3) is 0 Å². The quantitative estimate of drug-likeness (QED) is 0.913. The molecule has 2 aromatic rings. The van der Waals surface area contributed by atoms with Gasteiger partial charge in [0.05, 0.1) is 5.69 Å². The van der Waals surface area contributed by atoms with E-state index in [4.69, 9.17) is 10.5 Å². The minimum atomic E-state index is -0.0413. The maximum Gasteiger partial charge on any atom is 0.130 e. The summed E-state index contributed by atoms with van der Waals surface area (Å²) >= 11 is 0. The van der Waals surface area contributed by atoms with Crippen molar-refractivity contribution in [3.63, 3.8) is 0 Å². The summed E-state index contributed by atoms with van der Waals surface area (Å²) in [5.74, 6) is 0.847. The minimum absolute atomic E-state index is 0.0413. The van der Waals surface area contributed by atoms with Crippen LogP contribution in [0.3, 0.4) is 0 Å². The van der Waals surface area contributed by atoms with Crippen LogP contribution in [0.2, 0.25) is 0 Å². The second-order valence-corrected chi connectivity index (χ2v) is 4.89. The molecule has 0 aliphatic carbocycles. The predicted molar refractivity (Wildman–Crippen MR) is 77.1 cm³/mol. The molecule has 0 amide bonds. The molecule has 0 radical (unpaired) electrons. The molecule has 0 bridgehead atoms. The molecule has 0 saturated heterocycles. The zero-order chi connectivity index (χ0) is 13.8. The number of ether oxygens (including phenoxy) is 1. The molecule has 2 rings (SSSR count). The lowest BCUT2D eigenvalue weighted by molar-refractivity contribution is 0.295. The molecule has 100 valence electrons. The summed E-state index contributed by atoms with van der Waals surface area (Å²) in [5, 5.41) is 0. The summed E-state index contributed by atoms with van der Waals surface area (Å²) in [5.41, 5.74) is 10.3. The fraction of sp³-hybridized carbons (Fsp3) is 0.312. The van der Waals surface area contributed by atoms with Gasteiger partial charge in [-0.3, -0.25) is 4.98 Å². The first-order valence-electron chi connectivity index (χ1n) is 6.47. The second-order valence-electron chi connectivity index (χ2n) is 4.89. The van der Waals surface area contributed by atoms with E-state index in [1.165, 1.54) is 0 Å². The SMILES string of the molecule is Cc1ccc([C@H](C)N)c(OCc2ncccc2C)c1. The van der Waals surface area contributed by atoms with Crippen molar-refractivity contribution < 1.29 is 4.74 Å². The Balaban J connectivity index is 2.19. The molecule has 0 saturated carbocycles. The number of hydrogen-bond acceptors (Lipinski definition) is 3. The molecule has 0 spiro atoms. The summed E-state index contributed by atoms with van der Waals surface area (Å²) in [7, 11) is 0. The van der Waals surface area contributed by atoms with Crippen LogP contribution in [0.4, 0.5) is 0 Å². The summed E-state index contributed by atoms with van der Waals surface area (Å²) in [6.45, 7) is 6.51. The lowest BCUT2D eigenvalue weighted by Gasteiger charge is -2.15. The van der Waals surface area contributed by atoms with Crippen LogP contribution in [0.25, 0.3) is 0 Å². The molecule has 0 aliphatic heterocycles. The molecule has 0 unspecified atom stereocenters.